The number of rotatable bonds is 4. The molecule has 0 N–H and O–H groups in total. The van der Waals surface area contributed by atoms with Gasteiger partial charge in [-0.2, -0.15) is 0 Å². The van der Waals surface area contributed by atoms with E-state index in [-0.39, 0.29) is 0 Å². The van der Waals surface area contributed by atoms with Gasteiger partial charge in [0, 0.05) is 26.3 Å². The van der Waals surface area contributed by atoms with Crippen LogP contribution in [0, 0.1) is 0 Å². The lowest BCUT2D eigenvalue weighted by molar-refractivity contribution is 0.226. The van der Waals surface area contributed by atoms with Crippen molar-refractivity contribution in [1.82, 2.24) is 9.80 Å². The molecule has 1 heterocycles. The van der Waals surface area contributed by atoms with Gasteiger partial charge in [-0.3, -0.25) is 0 Å². The largest absolute Gasteiger partial charge is 0.381 e. The van der Waals surface area contributed by atoms with E-state index in [2.05, 4.69) is 30.5 Å². The Hall–Kier alpha value is -0.500. The molecule has 0 unspecified atom stereocenters. The van der Waals surface area contributed by atoms with E-state index in [0.717, 1.165) is 6.42 Å². The van der Waals surface area contributed by atoms with Crippen LogP contribution < -0.4 is 0 Å². The summed E-state index contributed by atoms with van der Waals surface area (Å²) in [5, 5.41) is 0. The number of hydrogen-bond donors (Lipinski definition) is 0. The SMILES string of the molecule is C=C(CCN1CCCCC1)N(C)C. The van der Waals surface area contributed by atoms with Gasteiger partial charge in [0.2, 0.25) is 0 Å². The average Bonchev–Trinajstić information content (AvgIpc) is 2.15. The summed E-state index contributed by atoms with van der Waals surface area (Å²) in [6.45, 7) is 7.81. The highest BCUT2D eigenvalue weighted by atomic mass is 15.1. The first-order valence-electron chi connectivity index (χ1n) is 5.27. The van der Waals surface area contributed by atoms with Crippen LogP contribution in [0.15, 0.2) is 12.3 Å². The third-order valence-electron chi connectivity index (χ3n) is 2.80. The highest BCUT2D eigenvalue weighted by Gasteiger charge is 2.09. The van der Waals surface area contributed by atoms with Crippen LogP contribution in [0.2, 0.25) is 0 Å². The predicted octanol–water partition coefficient (Wildman–Crippen LogP) is 1.94. The van der Waals surface area contributed by atoms with E-state index in [1.807, 2.05) is 0 Å². The molecule has 0 bridgehead atoms. The zero-order valence-electron chi connectivity index (χ0n) is 9.05. The molecule has 0 aromatic rings. The molecule has 0 radical (unpaired) electrons. The molecule has 0 saturated carbocycles. The zero-order valence-corrected chi connectivity index (χ0v) is 9.05. The van der Waals surface area contributed by atoms with Crippen LogP contribution in [0.5, 0.6) is 0 Å². The second kappa shape index (κ2) is 5.28. The second-order valence-electron chi connectivity index (χ2n) is 4.11. The molecule has 13 heavy (non-hydrogen) atoms. The van der Waals surface area contributed by atoms with Gasteiger partial charge >= 0.3 is 0 Å². The van der Waals surface area contributed by atoms with Crippen molar-refractivity contribution in [3.63, 3.8) is 0 Å². The minimum absolute atomic E-state index is 1.12. The van der Waals surface area contributed by atoms with E-state index in [1.165, 1.54) is 44.6 Å². The molecule has 1 saturated heterocycles. The fourth-order valence-corrected chi connectivity index (χ4v) is 1.69. The number of piperidine rings is 1. The van der Waals surface area contributed by atoms with E-state index in [9.17, 15) is 0 Å². The summed E-state index contributed by atoms with van der Waals surface area (Å²) in [5.41, 5.74) is 1.24. The summed E-state index contributed by atoms with van der Waals surface area (Å²) < 4.78 is 0. The molecule has 0 aromatic carbocycles. The molecule has 0 amide bonds. The summed E-state index contributed by atoms with van der Waals surface area (Å²) in [5.74, 6) is 0. The standard InChI is InChI=1S/C11H22N2/c1-11(12(2)3)7-10-13-8-5-4-6-9-13/h1,4-10H2,2-3H3. The van der Waals surface area contributed by atoms with Crippen LogP contribution in [-0.2, 0) is 0 Å². The second-order valence-corrected chi connectivity index (χ2v) is 4.11. The van der Waals surface area contributed by atoms with Crippen LogP contribution in [0.3, 0.4) is 0 Å². The van der Waals surface area contributed by atoms with Crippen LogP contribution in [0.1, 0.15) is 25.7 Å². The maximum absolute atomic E-state index is 4.04. The lowest BCUT2D eigenvalue weighted by atomic mass is 10.1. The van der Waals surface area contributed by atoms with Crippen LogP contribution in [0.4, 0.5) is 0 Å². The Kier molecular flexibility index (Phi) is 4.29. The maximum atomic E-state index is 4.04. The molecule has 76 valence electrons. The van der Waals surface area contributed by atoms with Gasteiger partial charge in [-0.25, -0.2) is 0 Å². The number of hydrogen-bond acceptors (Lipinski definition) is 2. The number of nitrogens with zero attached hydrogens (tertiary/aromatic N) is 2. The van der Waals surface area contributed by atoms with Gasteiger partial charge in [0.25, 0.3) is 0 Å². The van der Waals surface area contributed by atoms with Crippen molar-refractivity contribution in [2.75, 3.05) is 33.7 Å². The Morgan fingerprint density at radius 2 is 1.85 bits per heavy atom. The maximum Gasteiger partial charge on any atom is 0.00673 e. The molecule has 1 aliphatic heterocycles. The van der Waals surface area contributed by atoms with Gasteiger partial charge in [0.1, 0.15) is 0 Å². The summed E-state index contributed by atoms with van der Waals surface area (Å²) >= 11 is 0. The smallest absolute Gasteiger partial charge is 0.00673 e. The first-order valence-corrected chi connectivity index (χ1v) is 5.27. The van der Waals surface area contributed by atoms with Crippen molar-refractivity contribution in [3.05, 3.63) is 12.3 Å². The van der Waals surface area contributed by atoms with Gasteiger partial charge in [-0.1, -0.05) is 13.0 Å². The zero-order chi connectivity index (χ0) is 9.68. The summed E-state index contributed by atoms with van der Waals surface area (Å²) in [6, 6.07) is 0. The van der Waals surface area contributed by atoms with E-state index in [0.29, 0.717) is 0 Å². The normalized spacial score (nSPS) is 18.6. The first-order chi connectivity index (χ1) is 6.20. The van der Waals surface area contributed by atoms with Crippen LogP contribution in [0.25, 0.3) is 0 Å². The van der Waals surface area contributed by atoms with Crippen molar-refractivity contribution in [1.29, 1.82) is 0 Å². The molecule has 2 nitrogen and oxygen atoms in total. The fourth-order valence-electron chi connectivity index (χ4n) is 1.69. The summed E-state index contributed by atoms with van der Waals surface area (Å²) in [6.07, 6.45) is 5.31. The third kappa shape index (κ3) is 3.81. The van der Waals surface area contributed by atoms with Crippen molar-refractivity contribution >= 4 is 0 Å². The summed E-state index contributed by atoms with van der Waals surface area (Å²) in [7, 11) is 4.14. The molecule has 0 aliphatic carbocycles. The predicted molar refractivity (Wildman–Crippen MR) is 57.7 cm³/mol. The average molecular weight is 182 g/mol. The van der Waals surface area contributed by atoms with Gasteiger partial charge < -0.3 is 9.80 Å². The monoisotopic (exact) mass is 182 g/mol. The van der Waals surface area contributed by atoms with E-state index in [4.69, 9.17) is 0 Å². The molecule has 1 fully saturated rings. The van der Waals surface area contributed by atoms with Crippen LogP contribution in [-0.4, -0.2) is 43.5 Å². The van der Waals surface area contributed by atoms with E-state index in [1.54, 1.807) is 0 Å². The highest BCUT2D eigenvalue weighted by molar-refractivity contribution is 4.91. The Bertz CT molecular complexity index is 157. The van der Waals surface area contributed by atoms with Crippen molar-refractivity contribution in [2.24, 2.45) is 0 Å². The molecule has 2 heteroatoms. The van der Waals surface area contributed by atoms with Crippen LogP contribution >= 0.6 is 0 Å². The molecule has 0 aromatic heterocycles. The summed E-state index contributed by atoms with van der Waals surface area (Å²) in [4.78, 5) is 4.67. The minimum Gasteiger partial charge on any atom is -0.381 e. The molecule has 1 aliphatic rings. The van der Waals surface area contributed by atoms with E-state index >= 15 is 0 Å². The Morgan fingerprint density at radius 1 is 1.23 bits per heavy atom. The molecular formula is C11H22N2. The first kappa shape index (κ1) is 10.6. The quantitative estimate of drug-likeness (QED) is 0.655. The highest BCUT2D eigenvalue weighted by Crippen LogP contribution is 2.10. The number of likely N-dealkylation sites (tertiary alicyclic amines) is 1. The lowest BCUT2D eigenvalue weighted by Crippen LogP contribution is -2.31. The van der Waals surface area contributed by atoms with Crippen molar-refractivity contribution in [3.8, 4) is 0 Å². The Labute approximate surface area is 82.2 Å². The Balaban J connectivity index is 2.13. The van der Waals surface area contributed by atoms with Crippen molar-refractivity contribution in [2.45, 2.75) is 25.7 Å². The molecule has 0 spiro atoms. The minimum atomic E-state index is 1.12. The fraction of sp³-hybridized carbons (Fsp3) is 0.818. The third-order valence-corrected chi connectivity index (χ3v) is 2.80. The molecule has 0 atom stereocenters. The lowest BCUT2D eigenvalue weighted by Gasteiger charge is -2.27. The van der Waals surface area contributed by atoms with Gasteiger partial charge in [0.15, 0.2) is 0 Å². The Morgan fingerprint density at radius 3 is 2.38 bits per heavy atom. The van der Waals surface area contributed by atoms with Gasteiger partial charge in [-0.15, -0.1) is 0 Å². The van der Waals surface area contributed by atoms with Gasteiger partial charge in [0.05, 0.1) is 0 Å². The topological polar surface area (TPSA) is 6.48 Å². The van der Waals surface area contributed by atoms with Crippen molar-refractivity contribution < 1.29 is 0 Å². The van der Waals surface area contributed by atoms with Gasteiger partial charge in [-0.05, 0) is 32.4 Å². The molecular weight excluding hydrogens is 160 g/mol. The molecule has 1 rings (SSSR count). The van der Waals surface area contributed by atoms with E-state index < -0.39 is 0 Å².